The number of amides is 1. The molecule has 94 valence electrons. The maximum Gasteiger partial charge on any atom is 0.221 e. The van der Waals surface area contributed by atoms with Crippen LogP contribution in [0.5, 0.6) is 0 Å². The van der Waals surface area contributed by atoms with Gasteiger partial charge >= 0.3 is 0 Å². The second-order valence-electron chi connectivity index (χ2n) is 5.17. The maximum absolute atomic E-state index is 11.6. The summed E-state index contributed by atoms with van der Waals surface area (Å²) in [5.41, 5.74) is 6.61. The summed E-state index contributed by atoms with van der Waals surface area (Å²) >= 11 is 0. The molecule has 1 heterocycles. The molecule has 0 aliphatic heterocycles. The van der Waals surface area contributed by atoms with Crippen molar-refractivity contribution in [2.24, 2.45) is 11.1 Å². The Kier molecular flexibility index (Phi) is 4.57. The van der Waals surface area contributed by atoms with Crippen LogP contribution in [0.25, 0.3) is 0 Å². The Hall–Kier alpha value is -1.49. The zero-order chi connectivity index (χ0) is 12.9. The smallest absolute Gasteiger partial charge is 0.221 e. The number of aromatic nitrogens is 2. The van der Waals surface area contributed by atoms with Crippen molar-refractivity contribution in [2.45, 2.75) is 39.8 Å². The van der Waals surface area contributed by atoms with Gasteiger partial charge in [-0.05, 0) is 17.5 Å². The predicted molar refractivity (Wildman–Crippen MR) is 65.9 cm³/mol. The van der Waals surface area contributed by atoms with Crippen LogP contribution in [0, 0.1) is 5.41 Å². The average molecular weight is 236 g/mol. The quantitative estimate of drug-likeness (QED) is 0.812. The van der Waals surface area contributed by atoms with Crippen molar-refractivity contribution in [1.82, 2.24) is 15.5 Å². The lowest BCUT2D eigenvalue weighted by Crippen LogP contribution is -2.40. The van der Waals surface area contributed by atoms with E-state index < -0.39 is 0 Å². The van der Waals surface area contributed by atoms with Crippen molar-refractivity contribution in [1.29, 1.82) is 0 Å². The molecule has 0 saturated carbocycles. The highest BCUT2D eigenvalue weighted by atomic mass is 16.1. The molecule has 0 fully saturated rings. The van der Waals surface area contributed by atoms with Crippen LogP contribution in [0.15, 0.2) is 18.3 Å². The van der Waals surface area contributed by atoms with Crippen LogP contribution in [0.4, 0.5) is 0 Å². The summed E-state index contributed by atoms with van der Waals surface area (Å²) in [4.78, 5) is 11.6. The van der Waals surface area contributed by atoms with Gasteiger partial charge in [-0.15, -0.1) is 0 Å². The zero-order valence-electron chi connectivity index (χ0n) is 10.6. The number of nitrogens with zero attached hydrogens (tertiary/aromatic N) is 2. The lowest BCUT2D eigenvalue weighted by molar-refractivity contribution is -0.122. The van der Waals surface area contributed by atoms with E-state index in [0.29, 0.717) is 13.0 Å². The van der Waals surface area contributed by atoms with Gasteiger partial charge in [-0.1, -0.05) is 20.8 Å². The Morgan fingerprint density at radius 1 is 1.53 bits per heavy atom. The first-order valence-corrected chi connectivity index (χ1v) is 5.68. The molecule has 17 heavy (non-hydrogen) atoms. The Bertz CT molecular complexity index is 359. The molecule has 1 amide bonds. The van der Waals surface area contributed by atoms with Crippen LogP contribution < -0.4 is 11.1 Å². The molecule has 3 N–H and O–H groups in total. The van der Waals surface area contributed by atoms with E-state index in [2.05, 4.69) is 15.5 Å². The topological polar surface area (TPSA) is 80.9 Å². The van der Waals surface area contributed by atoms with E-state index in [-0.39, 0.29) is 17.4 Å². The van der Waals surface area contributed by atoms with E-state index in [1.807, 2.05) is 26.8 Å². The summed E-state index contributed by atoms with van der Waals surface area (Å²) in [6.07, 6.45) is 1.92. The minimum absolute atomic E-state index is 0.0573. The van der Waals surface area contributed by atoms with Gasteiger partial charge in [-0.2, -0.15) is 10.2 Å². The summed E-state index contributed by atoms with van der Waals surface area (Å²) in [5.74, 6) is -0.0573. The molecule has 1 aromatic rings. The molecule has 1 atom stereocenters. The van der Waals surface area contributed by atoms with E-state index >= 15 is 0 Å². The number of nitrogens with one attached hydrogen (secondary N) is 1. The molecule has 0 saturated heterocycles. The van der Waals surface area contributed by atoms with Gasteiger partial charge in [-0.25, -0.2) is 0 Å². The second-order valence-corrected chi connectivity index (χ2v) is 5.17. The number of hydrogen-bond donors (Lipinski definition) is 2. The molecular formula is C12H20N4O. The van der Waals surface area contributed by atoms with E-state index in [1.54, 1.807) is 12.3 Å². The molecule has 1 aromatic heterocycles. The fraction of sp³-hybridized carbons (Fsp3) is 0.583. The second kappa shape index (κ2) is 5.72. The van der Waals surface area contributed by atoms with Gasteiger partial charge in [0, 0.05) is 18.7 Å². The molecule has 0 radical (unpaired) electrons. The van der Waals surface area contributed by atoms with Crippen LogP contribution >= 0.6 is 0 Å². The number of carbonyl (C=O) groups excluding carboxylic acids is 1. The van der Waals surface area contributed by atoms with Crippen molar-refractivity contribution >= 4 is 5.91 Å². The summed E-state index contributed by atoms with van der Waals surface area (Å²) in [6, 6.07) is 3.45. The summed E-state index contributed by atoms with van der Waals surface area (Å²) < 4.78 is 0. The standard InChI is InChI=1S/C12H20N4O/c1-12(2,3)10(13)7-11(17)14-8-9-5-4-6-15-16-9/h4-6,10H,7-8,13H2,1-3H3,(H,14,17). The number of hydrogen-bond acceptors (Lipinski definition) is 4. The predicted octanol–water partition coefficient (Wildman–Crippen LogP) is 0.856. The molecule has 0 aliphatic rings. The number of rotatable bonds is 4. The fourth-order valence-corrected chi connectivity index (χ4v) is 1.19. The molecule has 1 rings (SSSR count). The fourth-order valence-electron chi connectivity index (χ4n) is 1.19. The van der Waals surface area contributed by atoms with E-state index in [9.17, 15) is 4.79 Å². The first kappa shape index (κ1) is 13.6. The van der Waals surface area contributed by atoms with Gasteiger partial charge < -0.3 is 11.1 Å². The van der Waals surface area contributed by atoms with Gasteiger partial charge in [0.2, 0.25) is 5.91 Å². The third-order valence-electron chi connectivity index (χ3n) is 2.61. The third-order valence-corrected chi connectivity index (χ3v) is 2.61. The molecule has 5 nitrogen and oxygen atoms in total. The monoisotopic (exact) mass is 236 g/mol. The zero-order valence-corrected chi connectivity index (χ0v) is 10.6. The number of nitrogens with two attached hydrogens (primary N) is 1. The largest absolute Gasteiger partial charge is 0.350 e. The van der Waals surface area contributed by atoms with Crippen molar-refractivity contribution in [2.75, 3.05) is 0 Å². The van der Waals surface area contributed by atoms with Gasteiger partial charge in [0.25, 0.3) is 0 Å². The molecule has 0 aliphatic carbocycles. The Morgan fingerprint density at radius 2 is 2.24 bits per heavy atom. The summed E-state index contributed by atoms with van der Waals surface area (Å²) in [6.45, 7) is 6.46. The Morgan fingerprint density at radius 3 is 2.76 bits per heavy atom. The van der Waals surface area contributed by atoms with Crippen LogP contribution in [0.1, 0.15) is 32.9 Å². The van der Waals surface area contributed by atoms with Crippen LogP contribution in [0.2, 0.25) is 0 Å². The van der Waals surface area contributed by atoms with Crippen molar-refractivity contribution in [3.8, 4) is 0 Å². The lowest BCUT2D eigenvalue weighted by Gasteiger charge is -2.26. The van der Waals surface area contributed by atoms with Crippen molar-refractivity contribution in [3.63, 3.8) is 0 Å². The highest BCUT2D eigenvalue weighted by molar-refractivity contribution is 5.76. The summed E-state index contributed by atoms with van der Waals surface area (Å²) in [7, 11) is 0. The van der Waals surface area contributed by atoms with Crippen molar-refractivity contribution < 1.29 is 4.79 Å². The molecular weight excluding hydrogens is 216 g/mol. The van der Waals surface area contributed by atoms with E-state index in [4.69, 9.17) is 5.73 Å². The normalized spacial score (nSPS) is 13.2. The highest BCUT2D eigenvalue weighted by Crippen LogP contribution is 2.19. The minimum Gasteiger partial charge on any atom is -0.350 e. The molecule has 0 spiro atoms. The molecule has 0 bridgehead atoms. The number of carbonyl (C=O) groups is 1. The maximum atomic E-state index is 11.6. The van der Waals surface area contributed by atoms with E-state index in [1.165, 1.54) is 0 Å². The highest BCUT2D eigenvalue weighted by Gasteiger charge is 2.22. The molecule has 1 unspecified atom stereocenters. The van der Waals surface area contributed by atoms with Crippen LogP contribution in [-0.2, 0) is 11.3 Å². The Labute approximate surface area is 102 Å². The molecule has 0 aromatic carbocycles. The summed E-state index contributed by atoms with van der Waals surface area (Å²) in [5, 5.41) is 10.4. The van der Waals surface area contributed by atoms with E-state index in [0.717, 1.165) is 5.69 Å². The lowest BCUT2D eigenvalue weighted by atomic mass is 9.85. The molecule has 5 heteroatoms. The van der Waals surface area contributed by atoms with Crippen molar-refractivity contribution in [3.05, 3.63) is 24.0 Å². The average Bonchev–Trinajstić information content (AvgIpc) is 2.26. The first-order valence-electron chi connectivity index (χ1n) is 5.68. The van der Waals surface area contributed by atoms with Gasteiger partial charge in [0.05, 0.1) is 12.2 Å². The first-order chi connectivity index (χ1) is 7.89. The van der Waals surface area contributed by atoms with Gasteiger partial charge in [0.15, 0.2) is 0 Å². The SMILES string of the molecule is CC(C)(C)C(N)CC(=O)NCc1cccnn1. The van der Waals surface area contributed by atoms with Crippen LogP contribution in [0.3, 0.4) is 0 Å². The Balaban J connectivity index is 2.36. The minimum atomic E-state index is -0.149. The van der Waals surface area contributed by atoms with Gasteiger partial charge in [0.1, 0.15) is 0 Å². The van der Waals surface area contributed by atoms with Gasteiger partial charge in [-0.3, -0.25) is 4.79 Å². The third kappa shape index (κ3) is 4.91. The van der Waals surface area contributed by atoms with Crippen LogP contribution in [-0.4, -0.2) is 22.1 Å².